The van der Waals surface area contributed by atoms with E-state index in [1.165, 1.54) is 4.90 Å². The molecule has 32 heavy (non-hydrogen) atoms. The number of likely N-dealkylation sites (N-methyl/N-ethyl adjacent to an activating group) is 1. The van der Waals surface area contributed by atoms with Gasteiger partial charge in [0.2, 0.25) is 17.7 Å². The zero-order valence-electron chi connectivity index (χ0n) is 19.3. The van der Waals surface area contributed by atoms with Crippen molar-refractivity contribution in [1.29, 1.82) is 0 Å². The number of aromatic nitrogens is 3. The molecule has 1 saturated carbocycles. The van der Waals surface area contributed by atoms with Crippen LogP contribution in [0.15, 0.2) is 6.20 Å². The number of hydrogen-bond donors (Lipinski definition) is 2. The fourth-order valence-corrected chi connectivity index (χ4v) is 4.77. The Bertz CT molecular complexity index is 889. The molecule has 1 unspecified atom stereocenters. The van der Waals surface area contributed by atoms with Crippen LogP contribution in [-0.4, -0.2) is 85.9 Å². The lowest BCUT2D eigenvalue weighted by atomic mass is 9.85. The van der Waals surface area contributed by atoms with Crippen molar-refractivity contribution in [1.82, 2.24) is 30.1 Å². The van der Waals surface area contributed by atoms with Crippen LogP contribution in [-0.2, 0) is 14.4 Å². The molecule has 0 aromatic carbocycles. The number of carbonyl (C=O) groups is 3. The topological polar surface area (TPSA) is 121 Å². The van der Waals surface area contributed by atoms with E-state index in [9.17, 15) is 19.5 Å². The van der Waals surface area contributed by atoms with Gasteiger partial charge in [-0.05, 0) is 24.7 Å². The molecule has 0 bridgehead atoms. The highest BCUT2D eigenvalue weighted by atomic mass is 16.3. The summed E-state index contributed by atoms with van der Waals surface area (Å²) in [4.78, 5) is 41.6. The van der Waals surface area contributed by atoms with Crippen LogP contribution in [0.1, 0.15) is 70.5 Å². The molecule has 2 N–H and O–H groups in total. The molecule has 4 atom stereocenters. The van der Waals surface area contributed by atoms with Gasteiger partial charge < -0.3 is 20.2 Å². The summed E-state index contributed by atoms with van der Waals surface area (Å²) in [7, 11) is 1.74. The van der Waals surface area contributed by atoms with Gasteiger partial charge in [-0.2, -0.15) is 0 Å². The minimum Gasteiger partial charge on any atom is -0.391 e. The molecule has 10 nitrogen and oxygen atoms in total. The highest BCUT2D eigenvalue weighted by Gasteiger charge is 2.45. The first kappa shape index (κ1) is 22.7. The van der Waals surface area contributed by atoms with E-state index < -0.39 is 23.6 Å². The van der Waals surface area contributed by atoms with Crippen LogP contribution < -0.4 is 5.32 Å². The summed E-state index contributed by atoms with van der Waals surface area (Å²) in [5, 5.41) is 21.7. The van der Waals surface area contributed by atoms with Crippen molar-refractivity contribution in [2.75, 3.05) is 20.1 Å². The zero-order valence-corrected chi connectivity index (χ0v) is 19.3. The maximum Gasteiger partial charge on any atom is 0.248 e. The molecule has 3 amide bonds. The first-order chi connectivity index (χ1) is 15.1. The van der Waals surface area contributed by atoms with Gasteiger partial charge in [0.05, 0.1) is 11.8 Å². The molecule has 10 heteroatoms. The second kappa shape index (κ2) is 8.46. The third-order valence-corrected chi connectivity index (χ3v) is 6.85. The lowest BCUT2D eigenvalue weighted by Crippen LogP contribution is -2.51. The summed E-state index contributed by atoms with van der Waals surface area (Å²) in [5.41, 5.74) is 0.436. The smallest absolute Gasteiger partial charge is 0.248 e. The van der Waals surface area contributed by atoms with Gasteiger partial charge in [0.15, 0.2) is 0 Å². The number of likely N-dealkylation sites (tertiary alicyclic amines) is 2. The van der Waals surface area contributed by atoms with Crippen LogP contribution in [0.25, 0.3) is 0 Å². The van der Waals surface area contributed by atoms with Crippen molar-refractivity contribution in [3.8, 4) is 0 Å². The number of β-amino-alcohol motifs (C(OH)–C–C–N with tert-alkyl or cyclic N) is 1. The molecule has 2 aliphatic heterocycles. The summed E-state index contributed by atoms with van der Waals surface area (Å²) >= 11 is 0. The maximum absolute atomic E-state index is 13.7. The molecule has 3 heterocycles. The van der Waals surface area contributed by atoms with E-state index >= 15 is 0 Å². The maximum atomic E-state index is 13.7. The van der Waals surface area contributed by atoms with Crippen molar-refractivity contribution < 1.29 is 19.5 Å². The minimum absolute atomic E-state index is 0.0414. The number of aliphatic hydroxyl groups excluding tert-OH is 1. The molecule has 0 spiro atoms. The Morgan fingerprint density at radius 1 is 1.28 bits per heavy atom. The average molecular weight is 447 g/mol. The monoisotopic (exact) mass is 446 g/mol. The number of nitrogens with one attached hydrogen (secondary N) is 1. The first-order valence-corrected chi connectivity index (χ1v) is 11.5. The number of carbonyl (C=O) groups excluding carboxylic acids is 3. The van der Waals surface area contributed by atoms with Crippen molar-refractivity contribution >= 4 is 17.7 Å². The van der Waals surface area contributed by atoms with Crippen LogP contribution >= 0.6 is 0 Å². The number of rotatable bonds is 6. The lowest BCUT2D eigenvalue weighted by Gasteiger charge is -2.34. The Hall–Kier alpha value is -2.49. The normalized spacial score (nSPS) is 27.2. The first-order valence-electron chi connectivity index (χ1n) is 11.5. The minimum atomic E-state index is -0.760. The number of amides is 3. The quantitative estimate of drug-likeness (QED) is 0.654. The Balaban J connectivity index is 1.49. The van der Waals surface area contributed by atoms with Gasteiger partial charge in [-0.15, -0.1) is 5.10 Å². The molecule has 3 fully saturated rings. The Morgan fingerprint density at radius 3 is 2.59 bits per heavy atom. The van der Waals surface area contributed by atoms with E-state index in [0.717, 1.165) is 18.5 Å². The van der Waals surface area contributed by atoms with E-state index in [4.69, 9.17) is 0 Å². The van der Waals surface area contributed by atoms with Crippen LogP contribution in [0.5, 0.6) is 0 Å². The van der Waals surface area contributed by atoms with E-state index in [-0.39, 0.29) is 36.7 Å². The molecule has 1 aromatic heterocycles. The zero-order chi connectivity index (χ0) is 23.2. The van der Waals surface area contributed by atoms with Gasteiger partial charge in [0.1, 0.15) is 12.1 Å². The molecule has 1 aromatic rings. The predicted molar refractivity (Wildman–Crippen MR) is 115 cm³/mol. The standard InChI is InChI=1S/C22H34N6O4/c1-22(2,3)19(28-12-16(24-25-28)13-5-6-13)21(32)27-11-15(29)9-17(27)20(31)23-10-14-7-8-18(30)26(14)4/h12-15,17,19,29H,5-11H2,1-4H3,(H,23,31)/t14?,15-,17+,19-/m0/s1. The van der Waals surface area contributed by atoms with E-state index in [0.29, 0.717) is 25.3 Å². The summed E-state index contributed by atoms with van der Waals surface area (Å²) in [6.45, 7) is 6.33. The third kappa shape index (κ3) is 4.51. The van der Waals surface area contributed by atoms with Gasteiger partial charge in [-0.1, -0.05) is 26.0 Å². The Labute approximate surface area is 188 Å². The summed E-state index contributed by atoms with van der Waals surface area (Å²) in [6.07, 6.45) is 4.65. The Kier molecular flexibility index (Phi) is 6.00. The highest BCUT2D eigenvalue weighted by Crippen LogP contribution is 2.40. The van der Waals surface area contributed by atoms with Crippen LogP contribution in [0.4, 0.5) is 0 Å². The van der Waals surface area contributed by atoms with E-state index in [1.54, 1.807) is 16.6 Å². The molecule has 4 rings (SSSR count). The lowest BCUT2D eigenvalue weighted by molar-refractivity contribution is -0.144. The summed E-state index contributed by atoms with van der Waals surface area (Å²) in [5.74, 6) is -0.0434. The van der Waals surface area contributed by atoms with Gasteiger partial charge >= 0.3 is 0 Å². The Morgan fingerprint density at radius 2 is 2.00 bits per heavy atom. The second-order valence-electron chi connectivity index (χ2n) is 10.5. The van der Waals surface area contributed by atoms with E-state index in [2.05, 4.69) is 15.6 Å². The van der Waals surface area contributed by atoms with Crippen LogP contribution in [0.3, 0.4) is 0 Å². The van der Waals surface area contributed by atoms with Crippen molar-refractivity contribution in [3.63, 3.8) is 0 Å². The summed E-state index contributed by atoms with van der Waals surface area (Å²) < 4.78 is 1.62. The van der Waals surface area contributed by atoms with Crippen molar-refractivity contribution in [3.05, 3.63) is 11.9 Å². The number of hydrogen-bond acceptors (Lipinski definition) is 6. The second-order valence-corrected chi connectivity index (χ2v) is 10.5. The molecular weight excluding hydrogens is 412 g/mol. The van der Waals surface area contributed by atoms with Gasteiger partial charge in [-0.3, -0.25) is 14.4 Å². The van der Waals surface area contributed by atoms with Crippen LogP contribution in [0.2, 0.25) is 0 Å². The molecule has 2 saturated heterocycles. The van der Waals surface area contributed by atoms with E-state index in [1.807, 2.05) is 27.0 Å². The fourth-order valence-electron chi connectivity index (χ4n) is 4.77. The highest BCUT2D eigenvalue weighted by molar-refractivity contribution is 5.90. The summed E-state index contributed by atoms with van der Waals surface area (Å²) in [6, 6.07) is -1.43. The molecule has 176 valence electrons. The average Bonchev–Trinajstić information content (AvgIpc) is 3.19. The van der Waals surface area contributed by atoms with Crippen molar-refractivity contribution in [2.24, 2.45) is 5.41 Å². The fraction of sp³-hybridized carbons (Fsp3) is 0.773. The molecule has 0 radical (unpaired) electrons. The van der Waals surface area contributed by atoms with Gasteiger partial charge in [-0.25, -0.2) is 4.68 Å². The third-order valence-electron chi connectivity index (χ3n) is 6.85. The predicted octanol–water partition coefficient (Wildman–Crippen LogP) is 0.442. The van der Waals surface area contributed by atoms with Crippen LogP contribution in [0, 0.1) is 5.41 Å². The largest absolute Gasteiger partial charge is 0.391 e. The molecular formula is C22H34N6O4. The number of aliphatic hydroxyl groups is 1. The van der Waals surface area contributed by atoms with Crippen molar-refractivity contribution in [2.45, 2.75) is 83.0 Å². The van der Waals surface area contributed by atoms with Gasteiger partial charge in [0.25, 0.3) is 0 Å². The van der Waals surface area contributed by atoms with Gasteiger partial charge in [0, 0.05) is 51.1 Å². The SMILES string of the molecule is CN1C(=O)CCC1CNC(=O)[C@H]1C[C@H](O)CN1C(=O)[C@H](n1cc(C2CC2)nn1)C(C)(C)C. The molecule has 1 aliphatic carbocycles. The number of nitrogens with zero attached hydrogens (tertiary/aromatic N) is 5. The molecule has 3 aliphatic rings.